The molecule has 128 valence electrons. The SMILES string of the molecule is CC(=O)OCCOP(=O)(O)O.CN.c1ccc2ncccc2c1. The highest BCUT2D eigenvalue weighted by atomic mass is 31.2. The van der Waals surface area contributed by atoms with Crippen LogP contribution in [0.5, 0.6) is 0 Å². The van der Waals surface area contributed by atoms with Crippen LogP contribution in [0, 0.1) is 0 Å². The number of phosphoric acid groups is 1. The lowest BCUT2D eigenvalue weighted by molar-refractivity contribution is -0.141. The van der Waals surface area contributed by atoms with Crippen molar-refractivity contribution in [1.29, 1.82) is 0 Å². The molecule has 1 aromatic carbocycles. The lowest BCUT2D eigenvalue weighted by Crippen LogP contribution is -2.06. The van der Waals surface area contributed by atoms with Crippen molar-refractivity contribution in [3.63, 3.8) is 0 Å². The molecule has 8 nitrogen and oxygen atoms in total. The number of rotatable bonds is 4. The maximum absolute atomic E-state index is 10.1. The van der Waals surface area contributed by atoms with Crippen molar-refractivity contribution in [3.8, 4) is 0 Å². The molecule has 0 aliphatic heterocycles. The van der Waals surface area contributed by atoms with E-state index in [0.29, 0.717) is 0 Å². The highest BCUT2D eigenvalue weighted by Crippen LogP contribution is 2.35. The topological polar surface area (TPSA) is 132 Å². The number of carbonyl (C=O) groups excluding carboxylic acids is 1. The van der Waals surface area contributed by atoms with Gasteiger partial charge in [0.05, 0.1) is 12.1 Å². The fourth-order valence-electron chi connectivity index (χ4n) is 1.36. The lowest BCUT2D eigenvalue weighted by atomic mass is 10.2. The number of hydrogen-bond acceptors (Lipinski definition) is 6. The van der Waals surface area contributed by atoms with Gasteiger partial charge in [0.1, 0.15) is 6.61 Å². The molecule has 0 spiro atoms. The zero-order valence-corrected chi connectivity index (χ0v) is 13.8. The van der Waals surface area contributed by atoms with Crippen LogP contribution in [0.4, 0.5) is 0 Å². The molecule has 0 aliphatic carbocycles. The van der Waals surface area contributed by atoms with Gasteiger partial charge in [0.15, 0.2) is 0 Å². The largest absolute Gasteiger partial charge is 0.469 e. The summed E-state index contributed by atoms with van der Waals surface area (Å²) < 4.78 is 18.3. The number of para-hydroxylation sites is 1. The second kappa shape index (κ2) is 11.7. The van der Waals surface area contributed by atoms with Crippen LogP contribution >= 0.6 is 7.82 Å². The third-order valence-electron chi connectivity index (χ3n) is 2.16. The Morgan fingerprint density at radius 3 is 2.35 bits per heavy atom. The highest BCUT2D eigenvalue weighted by Gasteiger charge is 2.12. The molecule has 1 aromatic heterocycles. The Morgan fingerprint density at radius 2 is 1.78 bits per heavy atom. The number of hydrogen-bond donors (Lipinski definition) is 3. The molecule has 0 bridgehead atoms. The Balaban J connectivity index is 0.000000380. The molecule has 0 fully saturated rings. The van der Waals surface area contributed by atoms with E-state index >= 15 is 0 Å². The first-order chi connectivity index (χ1) is 10.9. The van der Waals surface area contributed by atoms with Crippen LogP contribution in [0.2, 0.25) is 0 Å². The molecule has 0 unspecified atom stereocenters. The zero-order chi connectivity index (χ0) is 17.7. The third-order valence-corrected chi connectivity index (χ3v) is 2.68. The molecule has 23 heavy (non-hydrogen) atoms. The van der Waals surface area contributed by atoms with Crippen molar-refractivity contribution in [3.05, 3.63) is 42.6 Å². The summed E-state index contributed by atoms with van der Waals surface area (Å²) in [4.78, 5) is 30.5. The molecule has 4 N–H and O–H groups in total. The van der Waals surface area contributed by atoms with E-state index in [0.717, 1.165) is 5.52 Å². The normalized spacial score (nSPS) is 9.96. The minimum absolute atomic E-state index is 0.152. The summed E-state index contributed by atoms with van der Waals surface area (Å²) in [6, 6.07) is 12.1. The molecule has 0 radical (unpaired) electrons. The Kier molecular flexibility index (Phi) is 10.8. The van der Waals surface area contributed by atoms with Crippen LogP contribution in [-0.2, 0) is 18.6 Å². The van der Waals surface area contributed by atoms with Gasteiger partial charge < -0.3 is 20.3 Å². The smallest absolute Gasteiger partial charge is 0.463 e. The van der Waals surface area contributed by atoms with Crippen molar-refractivity contribution in [2.45, 2.75) is 6.92 Å². The van der Waals surface area contributed by atoms with Gasteiger partial charge in [-0.2, -0.15) is 0 Å². The van der Waals surface area contributed by atoms with Gasteiger partial charge in [0.25, 0.3) is 0 Å². The minimum atomic E-state index is -4.42. The summed E-state index contributed by atoms with van der Waals surface area (Å²) >= 11 is 0. The monoisotopic (exact) mass is 344 g/mol. The maximum atomic E-state index is 10.1. The van der Waals surface area contributed by atoms with E-state index in [1.807, 2.05) is 30.5 Å². The molecule has 0 aliphatic rings. The predicted molar refractivity (Wildman–Crippen MR) is 86.5 cm³/mol. The van der Waals surface area contributed by atoms with Gasteiger partial charge in [-0.25, -0.2) is 4.57 Å². The Hall–Kier alpha value is -1.83. The first-order valence-corrected chi connectivity index (χ1v) is 8.12. The van der Waals surface area contributed by atoms with Crippen LogP contribution in [0.3, 0.4) is 0 Å². The molecule has 2 aromatic rings. The summed E-state index contributed by atoms with van der Waals surface area (Å²) in [6.45, 7) is 0.738. The molecule has 1 heterocycles. The maximum Gasteiger partial charge on any atom is 0.469 e. The van der Waals surface area contributed by atoms with Crippen molar-refractivity contribution in [2.24, 2.45) is 5.73 Å². The van der Waals surface area contributed by atoms with Crippen LogP contribution < -0.4 is 5.73 Å². The summed E-state index contributed by atoms with van der Waals surface area (Å²) in [5, 5.41) is 1.20. The van der Waals surface area contributed by atoms with Crippen LogP contribution in [0.15, 0.2) is 42.6 Å². The standard InChI is InChI=1S/C9H7N.C4H9O6P.CH5N/c1-2-6-9-8(4-1)5-3-7-10-9;1-4(5)9-2-3-10-11(6,7)8;1-2/h1-7H;2-3H2,1H3,(H2,6,7,8);2H2,1H3. The van der Waals surface area contributed by atoms with E-state index in [2.05, 4.69) is 32.1 Å². The molecule has 9 heteroatoms. The molecular weight excluding hydrogens is 323 g/mol. The lowest BCUT2D eigenvalue weighted by Gasteiger charge is -2.04. The molecule has 0 amide bonds. The van der Waals surface area contributed by atoms with Gasteiger partial charge in [-0.15, -0.1) is 0 Å². The summed E-state index contributed by atoms with van der Waals surface area (Å²) in [5.41, 5.74) is 5.56. The summed E-state index contributed by atoms with van der Waals surface area (Å²) in [5.74, 6) is -0.515. The van der Waals surface area contributed by atoms with Gasteiger partial charge in [-0.1, -0.05) is 24.3 Å². The Labute approximate surface area is 134 Å². The number of nitrogens with two attached hydrogens (primary N) is 1. The first kappa shape index (κ1) is 21.2. The van der Waals surface area contributed by atoms with Gasteiger partial charge >= 0.3 is 13.8 Å². The quantitative estimate of drug-likeness (QED) is 0.431. The average Bonchev–Trinajstić information content (AvgIpc) is 2.53. The Morgan fingerprint density at radius 1 is 1.17 bits per heavy atom. The first-order valence-electron chi connectivity index (χ1n) is 6.59. The minimum Gasteiger partial charge on any atom is -0.463 e. The van der Waals surface area contributed by atoms with E-state index in [1.165, 1.54) is 19.4 Å². The highest BCUT2D eigenvalue weighted by molar-refractivity contribution is 7.46. The fraction of sp³-hybridized carbons (Fsp3) is 0.286. The van der Waals surface area contributed by atoms with Gasteiger partial charge in [0, 0.05) is 18.5 Å². The van der Waals surface area contributed by atoms with Crippen molar-refractivity contribution in [1.82, 2.24) is 4.98 Å². The van der Waals surface area contributed by atoms with Gasteiger partial charge in [-0.05, 0) is 19.2 Å². The number of benzene rings is 1. The number of fused-ring (bicyclic) bond motifs is 1. The van der Waals surface area contributed by atoms with Gasteiger partial charge in [-0.3, -0.25) is 14.3 Å². The number of ether oxygens (including phenoxy) is 1. The molecule has 2 rings (SSSR count). The number of aromatic nitrogens is 1. The Bertz CT molecular complexity index is 566. The molecular formula is C14H21N2O6P. The number of carbonyl (C=O) groups is 1. The van der Waals surface area contributed by atoms with Crippen molar-refractivity contribution < 1.29 is 28.4 Å². The van der Waals surface area contributed by atoms with Crippen molar-refractivity contribution >= 4 is 24.7 Å². The molecule has 0 saturated heterocycles. The summed E-state index contributed by atoms with van der Waals surface area (Å²) in [6.07, 6.45) is 1.81. The number of nitrogens with zero attached hydrogens (tertiary/aromatic N) is 1. The fourth-order valence-corrected chi connectivity index (χ4v) is 1.67. The summed E-state index contributed by atoms with van der Waals surface area (Å²) in [7, 11) is -2.92. The van der Waals surface area contributed by atoms with E-state index < -0.39 is 13.8 Å². The van der Waals surface area contributed by atoms with E-state index in [9.17, 15) is 9.36 Å². The van der Waals surface area contributed by atoms with E-state index in [1.54, 1.807) is 0 Å². The number of esters is 1. The third kappa shape index (κ3) is 11.4. The second-order valence-electron chi connectivity index (χ2n) is 3.86. The molecule has 0 atom stereocenters. The number of phosphoric ester groups is 1. The second-order valence-corrected chi connectivity index (χ2v) is 5.10. The van der Waals surface area contributed by atoms with Crippen LogP contribution in [0.1, 0.15) is 6.92 Å². The van der Waals surface area contributed by atoms with Crippen LogP contribution in [0.25, 0.3) is 10.9 Å². The van der Waals surface area contributed by atoms with E-state index in [4.69, 9.17) is 9.79 Å². The average molecular weight is 344 g/mol. The van der Waals surface area contributed by atoms with Gasteiger partial charge in [0.2, 0.25) is 0 Å². The zero-order valence-electron chi connectivity index (χ0n) is 13.0. The van der Waals surface area contributed by atoms with E-state index in [-0.39, 0.29) is 13.2 Å². The van der Waals surface area contributed by atoms with Crippen molar-refractivity contribution in [2.75, 3.05) is 20.3 Å². The predicted octanol–water partition coefficient (Wildman–Crippen LogP) is 1.47. The van der Waals surface area contributed by atoms with Crippen LogP contribution in [-0.4, -0.2) is 41.0 Å². The number of pyridine rings is 1. The molecule has 0 saturated carbocycles.